The molecule has 0 spiro atoms. The summed E-state index contributed by atoms with van der Waals surface area (Å²) in [6.07, 6.45) is 0.428. The Hall–Kier alpha value is -0.370. The molecule has 40 valence electrons. The summed E-state index contributed by atoms with van der Waals surface area (Å²) in [5, 5.41) is 0. The zero-order valence-electron chi connectivity index (χ0n) is 4.35. The number of nitrogens with two attached hydrogens (primary N) is 1. The summed E-state index contributed by atoms with van der Waals surface area (Å²) in [6.45, 7) is 6.71. The molecule has 0 aromatic carbocycles. The number of hydrogen-bond donors (Lipinski definition) is 1. The molecule has 2 radical (unpaired) electrons. The number of ketones is 1. The van der Waals surface area contributed by atoms with Crippen LogP contribution in [-0.2, 0) is 4.79 Å². The molecule has 2 nitrogen and oxygen atoms in total. The second-order valence-corrected chi connectivity index (χ2v) is 1.35. The van der Waals surface area contributed by atoms with Gasteiger partial charge in [0.2, 0.25) is 0 Å². The highest BCUT2D eigenvalue weighted by molar-refractivity contribution is 5.83. The molecule has 0 aromatic heterocycles. The lowest BCUT2D eigenvalue weighted by Gasteiger charge is -1.96. The van der Waals surface area contributed by atoms with Crippen molar-refractivity contribution in [2.24, 2.45) is 5.73 Å². The predicted octanol–water partition coefficient (Wildman–Crippen LogP) is 0.00389. The molecule has 0 heterocycles. The summed E-state index contributed by atoms with van der Waals surface area (Å²) in [5.41, 5.74) is 4.97. The molecule has 1 unspecified atom stereocenters. The van der Waals surface area contributed by atoms with Crippen LogP contribution in [0.1, 0.15) is 13.3 Å². The highest BCUT2D eigenvalue weighted by atomic mass is 16.1. The van der Waals surface area contributed by atoms with E-state index in [4.69, 9.17) is 12.7 Å². The number of Topliss-reactive ketones (excluding diaryl/α,β-unsaturated/α-hetero) is 1. The van der Waals surface area contributed by atoms with Crippen LogP contribution < -0.4 is 5.73 Å². The molecule has 0 amide bonds. The number of rotatable bonds is 2. The summed E-state index contributed by atoms with van der Waals surface area (Å²) in [5.74, 6) is -0.0972. The van der Waals surface area contributed by atoms with E-state index in [0.29, 0.717) is 6.42 Å². The molecule has 2 N–H and O–H groups in total. The second-order valence-electron chi connectivity index (χ2n) is 1.35. The molecule has 0 bridgehead atoms. The van der Waals surface area contributed by atoms with Crippen molar-refractivity contribution >= 4 is 5.78 Å². The fraction of sp³-hybridized carbons (Fsp3) is 0.600. The zero-order valence-corrected chi connectivity index (χ0v) is 4.35. The lowest BCUT2D eigenvalue weighted by atomic mass is 10.2. The van der Waals surface area contributed by atoms with Crippen LogP contribution in [0.4, 0.5) is 0 Å². The first-order valence-corrected chi connectivity index (χ1v) is 2.22. The van der Waals surface area contributed by atoms with E-state index in [2.05, 4.69) is 0 Å². The Morgan fingerprint density at radius 2 is 2.43 bits per heavy atom. The summed E-state index contributed by atoms with van der Waals surface area (Å²) in [7, 11) is 0. The van der Waals surface area contributed by atoms with Crippen LogP contribution in [0.15, 0.2) is 0 Å². The Morgan fingerprint density at radius 3 is 2.43 bits per heavy atom. The van der Waals surface area contributed by atoms with Gasteiger partial charge in [0.1, 0.15) is 5.78 Å². The minimum absolute atomic E-state index is 0.0972. The van der Waals surface area contributed by atoms with Gasteiger partial charge in [0.05, 0.1) is 6.04 Å². The standard InChI is InChI=1S/C5H9NO/c1-3-5(7)4(2)6/h2,4H,3,6H2,1H3. The minimum atomic E-state index is -0.773. The fourth-order valence-electron chi connectivity index (χ4n) is 0.236. The van der Waals surface area contributed by atoms with Crippen molar-refractivity contribution in [1.82, 2.24) is 0 Å². The van der Waals surface area contributed by atoms with Crippen molar-refractivity contribution < 1.29 is 4.79 Å². The SMILES string of the molecule is [CH]C(N)C(=O)CC. The maximum absolute atomic E-state index is 10.3. The molecule has 0 aliphatic carbocycles. The van der Waals surface area contributed by atoms with Crippen LogP contribution in [0.5, 0.6) is 0 Å². The number of hydrogen-bond acceptors (Lipinski definition) is 2. The monoisotopic (exact) mass is 99.1 g/mol. The van der Waals surface area contributed by atoms with E-state index >= 15 is 0 Å². The van der Waals surface area contributed by atoms with E-state index < -0.39 is 6.04 Å². The second kappa shape index (κ2) is 2.75. The Balaban J connectivity index is 3.35. The summed E-state index contributed by atoms with van der Waals surface area (Å²) in [4.78, 5) is 10.3. The van der Waals surface area contributed by atoms with Gasteiger partial charge in [-0.3, -0.25) is 4.79 Å². The number of carbonyl (C=O) groups is 1. The van der Waals surface area contributed by atoms with Gasteiger partial charge in [-0.2, -0.15) is 0 Å². The maximum atomic E-state index is 10.3. The molecule has 2 heteroatoms. The maximum Gasteiger partial charge on any atom is 0.149 e. The largest absolute Gasteiger partial charge is 0.321 e. The van der Waals surface area contributed by atoms with E-state index in [9.17, 15) is 4.79 Å². The van der Waals surface area contributed by atoms with Gasteiger partial charge in [0.25, 0.3) is 0 Å². The van der Waals surface area contributed by atoms with E-state index in [1.165, 1.54) is 0 Å². The van der Waals surface area contributed by atoms with Crippen LogP contribution in [0.3, 0.4) is 0 Å². The Kier molecular flexibility index (Phi) is 2.60. The third kappa shape index (κ3) is 2.34. The van der Waals surface area contributed by atoms with Gasteiger partial charge in [-0.1, -0.05) is 6.92 Å². The lowest BCUT2D eigenvalue weighted by Crippen LogP contribution is -2.25. The minimum Gasteiger partial charge on any atom is -0.321 e. The third-order valence-electron chi connectivity index (χ3n) is 0.720. The van der Waals surface area contributed by atoms with Crippen molar-refractivity contribution in [1.29, 1.82) is 0 Å². The van der Waals surface area contributed by atoms with Crippen molar-refractivity contribution in [2.45, 2.75) is 19.4 Å². The average Bonchev–Trinajstić information content (AvgIpc) is 1.65. The Morgan fingerprint density at radius 1 is 2.00 bits per heavy atom. The highest BCUT2D eigenvalue weighted by Gasteiger charge is 2.01. The van der Waals surface area contributed by atoms with Crippen molar-refractivity contribution in [3.8, 4) is 0 Å². The van der Waals surface area contributed by atoms with Gasteiger partial charge >= 0.3 is 0 Å². The van der Waals surface area contributed by atoms with Crippen LogP contribution in [0, 0.1) is 6.92 Å². The molecule has 0 aliphatic heterocycles. The van der Waals surface area contributed by atoms with E-state index in [0.717, 1.165) is 0 Å². The van der Waals surface area contributed by atoms with Crippen LogP contribution >= 0.6 is 0 Å². The summed E-state index contributed by atoms with van der Waals surface area (Å²) < 4.78 is 0. The fourth-order valence-corrected chi connectivity index (χ4v) is 0.236. The van der Waals surface area contributed by atoms with E-state index in [1.54, 1.807) is 6.92 Å². The molecule has 0 saturated heterocycles. The van der Waals surface area contributed by atoms with E-state index in [1.807, 2.05) is 0 Å². The van der Waals surface area contributed by atoms with Crippen LogP contribution in [0.2, 0.25) is 0 Å². The van der Waals surface area contributed by atoms with Crippen molar-refractivity contribution in [3.05, 3.63) is 6.92 Å². The molecule has 7 heavy (non-hydrogen) atoms. The quantitative estimate of drug-likeness (QED) is 0.529. The van der Waals surface area contributed by atoms with Gasteiger partial charge < -0.3 is 5.73 Å². The molecule has 0 aromatic rings. The topological polar surface area (TPSA) is 43.1 Å². The van der Waals surface area contributed by atoms with Gasteiger partial charge in [0, 0.05) is 6.42 Å². The molecule has 0 rings (SSSR count). The molecule has 1 atom stereocenters. The van der Waals surface area contributed by atoms with Gasteiger partial charge in [0.15, 0.2) is 0 Å². The first kappa shape index (κ1) is 6.63. The van der Waals surface area contributed by atoms with Crippen molar-refractivity contribution in [2.75, 3.05) is 0 Å². The van der Waals surface area contributed by atoms with Crippen molar-refractivity contribution in [3.63, 3.8) is 0 Å². The Labute approximate surface area is 43.7 Å². The zero-order chi connectivity index (χ0) is 5.86. The molecule has 0 saturated carbocycles. The lowest BCUT2D eigenvalue weighted by molar-refractivity contribution is -0.119. The summed E-state index contributed by atoms with van der Waals surface area (Å²) >= 11 is 0. The third-order valence-corrected chi connectivity index (χ3v) is 0.720. The molecule has 0 aliphatic rings. The van der Waals surface area contributed by atoms with Gasteiger partial charge in [-0.05, 0) is 6.92 Å². The van der Waals surface area contributed by atoms with E-state index in [-0.39, 0.29) is 5.78 Å². The van der Waals surface area contributed by atoms with Gasteiger partial charge in [-0.25, -0.2) is 0 Å². The summed E-state index contributed by atoms with van der Waals surface area (Å²) in [6, 6.07) is -0.773. The first-order chi connectivity index (χ1) is 3.18. The predicted molar refractivity (Wildman–Crippen MR) is 27.6 cm³/mol. The van der Waals surface area contributed by atoms with Crippen LogP contribution in [-0.4, -0.2) is 11.8 Å². The normalized spacial score (nSPS) is 13.6. The molecule has 0 fully saturated rings. The number of carbonyl (C=O) groups excluding carboxylic acids is 1. The Bertz CT molecular complexity index is 68.5. The smallest absolute Gasteiger partial charge is 0.149 e. The molecular weight excluding hydrogens is 90.1 g/mol. The highest BCUT2D eigenvalue weighted by Crippen LogP contribution is 1.82. The molecular formula is C5H9NO. The average molecular weight is 99.1 g/mol. The first-order valence-electron chi connectivity index (χ1n) is 2.22. The van der Waals surface area contributed by atoms with Crippen LogP contribution in [0.25, 0.3) is 0 Å². The van der Waals surface area contributed by atoms with Gasteiger partial charge in [-0.15, -0.1) is 0 Å².